The average molecular weight is 119 g/mol. The van der Waals surface area contributed by atoms with Crippen LogP contribution in [0.1, 0.15) is 12.8 Å². The van der Waals surface area contributed by atoms with E-state index in [2.05, 4.69) is 6.26 Å². The second-order valence-corrected chi connectivity index (χ2v) is 3.15. The third-order valence-electron chi connectivity index (χ3n) is 1.53. The van der Waals surface area contributed by atoms with Crippen LogP contribution in [-0.2, 0) is 11.8 Å². The van der Waals surface area contributed by atoms with Crippen LogP contribution in [-0.4, -0.2) is 22.7 Å². The Morgan fingerprint density at radius 1 is 1.57 bits per heavy atom. The first-order chi connectivity index (χ1) is 3.34. The molecule has 0 unspecified atom stereocenters. The largest absolute Gasteiger partial charge is 0.388 e. The van der Waals surface area contributed by atoms with Crippen molar-refractivity contribution in [1.29, 1.82) is 0 Å². The second kappa shape index (κ2) is 2.05. The van der Waals surface area contributed by atoms with Crippen LogP contribution in [0, 0.1) is 0 Å². The molecule has 1 rings (SSSR count). The molecule has 0 aromatic heterocycles. The maximum Gasteiger partial charge on any atom is 0.141 e. The van der Waals surface area contributed by atoms with Crippen LogP contribution in [0.25, 0.3) is 0 Å². The van der Waals surface area contributed by atoms with Crippen molar-refractivity contribution in [3.63, 3.8) is 0 Å². The highest BCUT2D eigenvalue weighted by Gasteiger charge is 2.33. The molecule has 1 saturated carbocycles. The standard InChI is InChI=1S/C5H10OS/c1-7-5-3-2-4(5)6/h4-6H,2-3H2,1H3/p+1/t4-,5-/m1/s1. The molecule has 0 amide bonds. The van der Waals surface area contributed by atoms with E-state index in [1.807, 2.05) is 0 Å². The average Bonchev–Trinajstić information content (AvgIpc) is 1.65. The molecule has 7 heavy (non-hydrogen) atoms. The van der Waals surface area contributed by atoms with Gasteiger partial charge in [-0.15, -0.1) is 0 Å². The lowest BCUT2D eigenvalue weighted by atomic mass is 9.96. The van der Waals surface area contributed by atoms with Gasteiger partial charge in [0.15, 0.2) is 0 Å². The van der Waals surface area contributed by atoms with Gasteiger partial charge < -0.3 is 5.11 Å². The predicted octanol–water partition coefficient (Wildman–Crippen LogP) is -0.0456. The molecule has 1 fully saturated rings. The van der Waals surface area contributed by atoms with Gasteiger partial charge in [0.25, 0.3) is 0 Å². The molecule has 0 radical (unpaired) electrons. The van der Waals surface area contributed by atoms with E-state index in [0.29, 0.717) is 5.25 Å². The lowest BCUT2D eigenvalue weighted by Crippen LogP contribution is -2.37. The van der Waals surface area contributed by atoms with Crippen LogP contribution < -0.4 is 0 Å². The number of hydrogen-bond acceptors (Lipinski definition) is 1. The Balaban J connectivity index is 2.16. The number of aliphatic hydroxyl groups excluding tert-OH is 1. The van der Waals surface area contributed by atoms with E-state index in [1.165, 1.54) is 18.2 Å². The lowest BCUT2D eigenvalue weighted by molar-refractivity contribution is 0.103. The number of thiol groups is 1. The Morgan fingerprint density at radius 2 is 2.29 bits per heavy atom. The van der Waals surface area contributed by atoms with E-state index in [4.69, 9.17) is 5.11 Å². The molecule has 0 aliphatic heterocycles. The molecule has 0 aromatic rings. The number of rotatable bonds is 1. The minimum atomic E-state index is 0.0340. The molecule has 0 bridgehead atoms. The van der Waals surface area contributed by atoms with Crippen LogP contribution in [0.15, 0.2) is 0 Å². The summed E-state index contributed by atoms with van der Waals surface area (Å²) in [5.41, 5.74) is 0. The summed E-state index contributed by atoms with van der Waals surface area (Å²) in [7, 11) is 0. The molecule has 0 saturated heterocycles. The van der Waals surface area contributed by atoms with Crippen molar-refractivity contribution >= 4 is 11.8 Å². The van der Waals surface area contributed by atoms with Crippen molar-refractivity contribution in [1.82, 2.24) is 0 Å². The van der Waals surface area contributed by atoms with Crippen molar-refractivity contribution in [2.75, 3.05) is 6.26 Å². The van der Waals surface area contributed by atoms with Gasteiger partial charge in [0.05, 0.1) is 6.26 Å². The molecular formula is C5H11OS+. The first-order valence-electron chi connectivity index (χ1n) is 2.61. The SMILES string of the molecule is C[SH+][C@@H]1CC[C@H]1O. The minimum Gasteiger partial charge on any atom is -0.388 e. The molecule has 1 nitrogen and oxygen atoms in total. The molecule has 2 atom stereocenters. The number of aliphatic hydroxyl groups is 1. The molecule has 42 valence electrons. The van der Waals surface area contributed by atoms with Gasteiger partial charge in [0.1, 0.15) is 11.4 Å². The normalized spacial score (nSPS) is 40.3. The highest BCUT2D eigenvalue weighted by molar-refractivity contribution is 7.78. The Bertz CT molecular complexity index is 63.1. The highest BCUT2D eigenvalue weighted by Crippen LogP contribution is 2.21. The quantitative estimate of drug-likeness (QED) is 0.379. The maximum atomic E-state index is 8.90. The van der Waals surface area contributed by atoms with Gasteiger partial charge in [-0.2, -0.15) is 0 Å². The van der Waals surface area contributed by atoms with Crippen molar-refractivity contribution < 1.29 is 5.11 Å². The van der Waals surface area contributed by atoms with E-state index >= 15 is 0 Å². The van der Waals surface area contributed by atoms with E-state index in [-0.39, 0.29) is 6.10 Å². The Morgan fingerprint density at radius 3 is 2.29 bits per heavy atom. The van der Waals surface area contributed by atoms with Crippen LogP contribution in [0.2, 0.25) is 0 Å². The first-order valence-corrected chi connectivity index (χ1v) is 4.02. The van der Waals surface area contributed by atoms with Crippen LogP contribution in [0.4, 0.5) is 0 Å². The van der Waals surface area contributed by atoms with Gasteiger partial charge in [0.2, 0.25) is 0 Å². The van der Waals surface area contributed by atoms with Crippen molar-refractivity contribution in [3.8, 4) is 0 Å². The van der Waals surface area contributed by atoms with Gasteiger partial charge in [-0.25, -0.2) is 0 Å². The Hall–Kier alpha value is 0.310. The third kappa shape index (κ3) is 0.916. The summed E-state index contributed by atoms with van der Waals surface area (Å²) >= 11 is 1.36. The van der Waals surface area contributed by atoms with Gasteiger partial charge in [-0.3, -0.25) is 0 Å². The van der Waals surface area contributed by atoms with Crippen molar-refractivity contribution in [3.05, 3.63) is 0 Å². The van der Waals surface area contributed by atoms with Crippen molar-refractivity contribution in [2.45, 2.75) is 24.2 Å². The van der Waals surface area contributed by atoms with Gasteiger partial charge in [-0.1, -0.05) is 0 Å². The third-order valence-corrected chi connectivity index (χ3v) is 2.80. The summed E-state index contributed by atoms with van der Waals surface area (Å²) < 4.78 is 0. The molecule has 1 aliphatic rings. The summed E-state index contributed by atoms with van der Waals surface area (Å²) in [5, 5.41) is 9.51. The molecule has 0 spiro atoms. The van der Waals surface area contributed by atoms with Crippen LogP contribution in [0.5, 0.6) is 0 Å². The second-order valence-electron chi connectivity index (χ2n) is 1.97. The van der Waals surface area contributed by atoms with E-state index in [0.717, 1.165) is 6.42 Å². The van der Waals surface area contributed by atoms with E-state index in [9.17, 15) is 0 Å². The zero-order valence-corrected chi connectivity index (χ0v) is 5.36. The zero-order valence-electron chi connectivity index (χ0n) is 4.46. The highest BCUT2D eigenvalue weighted by atomic mass is 32.2. The summed E-state index contributed by atoms with van der Waals surface area (Å²) in [6.45, 7) is 0. The Kier molecular flexibility index (Phi) is 1.60. The minimum absolute atomic E-state index is 0.0340. The maximum absolute atomic E-state index is 8.90. The molecule has 2 heteroatoms. The predicted molar refractivity (Wildman–Crippen MR) is 33.7 cm³/mol. The topological polar surface area (TPSA) is 20.2 Å². The van der Waals surface area contributed by atoms with Gasteiger partial charge in [-0.05, 0) is 24.6 Å². The summed E-state index contributed by atoms with van der Waals surface area (Å²) in [6.07, 6.45) is 4.41. The fourth-order valence-electron chi connectivity index (χ4n) is 0.766. The summed E-state index contributed by atoms with van der Waals surface area (Å²) in [4.78, 5) is 0. The monoisotopic (exact) mass is 119 g/mol. The molecule has 1 N–H and O–H groups in total. The summed E-state index contributed by atoms with van der Waals surface area (Å²) in [5.74, 6) is 0. The molecule has 0 aromatic carbocycles. The molecule has 0 heterocycles. The molecular weight excluding hydrogens is 108 g/mol. The van der Waals surface area contributed by atoms with E-state index < -0.39 is 0 Å². The van der Waals surface area contributed by atoms with E-state index in [1.54, 1.807) is 0 Å². The smallest absolute Gasteiger partial charge is 0.141 e. The van der Waals surface area contributed by atoms with Gasteiger partial charge >= 0.3 is 0 Å². The van der Waals surface area contributed by atoms with Crippen molar-refractivity contribution in [2.24, 2.45) is 0 Å². The van der Waals surface area contributed by atoms with Gasteiger partial charge in [0, 0.05) is 0 Å². The van der Waals surface area contributed by atoms with Crippen LogP contribution in [0.3, 0.4) is 0 Å². The summed E-state index contributed by atoms with van der Waals surface area (Å²) in [6, 6.07) is 0. The fourth-order valence-corrected chi connectivity index (χ4v) is 1.67. The zero-order chi connectivity index (χ0) is 5.28. The Labute approximate surface area is 48.1 Å². The first kappa shape index (κ1) is 5.45. The van der Waals surface area contributed by atoms with Crippen LogP contribution >= 0.6 is 0 Å². The fraction of sp³-hybridized carbons (Fsp3) is 1.00. The lowest BCUT2D eigenvalue weighted by Gasteiger charge is -2.24. The number of hydrogen-bond donors (Lipinski definition) is 1. The molecule has 1 aliphatic carbocycles.